The van der Waals surface area contributed by atoms with Crippen molar-refractivity contribution in [3.05, 3.63) is 82.5 Å². The van der Waals surface area contributed by atoms with Crippen molar-refractivity contribution >= 4 is 17.7 Å². The van der Waals surface area contributed by atoms with Crippen molar-refractivity contribution in [3.8, 4) is 11.1 Å². The van der Waals surface area contributed by atoms with Crippen LogP contribution in [-0.4, -0.2) is 39.7 Å². The summed E-state index contributed by atoms with van der Waals surface area (Å²) in [5, 5.41) is 0. The molecular weight excluding hydrogens is 394 g/mol. The van der Waals surface area contributed by atoms with Gasteiger partial charge in [0.15, 0.2) is 0 Å². The lowest BCUT2D eigenvalue weighted by Crippen LogP contribution is -2.49. The van der Waals surface area contributed by atoms with Gasteiger partial charge in [-0.05, 0) is 54.5 Å². The maximum Gasteiger partial charge on any atom is 0.253 e. The van der Waals surface area contributed by atoms with Crippen LogP contribution < -0.4 is 5.56 Å². The van der Waals surface area contributed by atoms with Gasteiger partial charge in [-0.25, -0.2) is 0 Å². The van der Waals surface area contributed by atoms with E-state index in [2.05, 4.69) is 35.5 Å². The highest BCUT2D eigenvalue weighted by atomic mass is 32.2. The second kappa shape index (κ2) is 7.76. The number of fused-ring (bicyclic) bond motifs is 4. The van der Waals surface area contributed by atoms with E-state index in [0.29, 0.717) is 31.1 Å². The third-order valence-electron chi connectivity index (χ3n) is 6.21. The van der Waals surface area contributed by atoms with Gasteiger partial charge in [0.25, 0.3) is 11.5 Å². The Bertz CT molecular complexity index is 1140. The van der Waals surface area contributed by atoms with Crippen LogP contribution in [-0.2, 0) is 6.54 Å². The first-order valence-corrected chi connectivity index (χ1v) is 11.4. The van der Waals surface area contributed by atoms with Crippen molar-refractivity contribution in [2.45, 2.75) is 23.8 Å². The number of pyridine rings is 2. The van der Waals surface area contributed by atoms with E-state index in [4.69, 9.17) is 0 Å². The van der Waals surface area contributed by atoms with Crippen LogP contribution in [0.3, 0.4) is 0 Å². The van der Waals surface area contributed by atoms with Crippen molar-refractivity contribution in [1.82, 2.24) is 14.5 Å². The van der Waals surface area contributed by atoms with Crippen LogP contribution in [0.2, 0.25) is 0 Å². The van der Waals surface area contributed by atoms with E-state index in [0.717, 1.165) is 23.2 Å². The number of hydrogen-bond acceptors (Lipinski definition) is 4. The van der Waals surface area contributed by atoms with Crippen LogP contribution >= 0.6 is 11.8 Å². The smallest absolute Gasteiger partial charge is 0.253 e. The minimum Gasteiger partial charge on any atom is -0.338 e. The van der Waals surface area contributed by atoms with Gasteiger partial charge < -0.3 is 9.47 Å². The zero-order chi connectivity index (χ0) is 20.7. The van der Waals surface area contributed by atoms with Crippen LogP contribution in [0.5, 0.6) is 0 Å². The third-order valence-corrected chi connectivity index (χ3v) is 6.95. The lowest BCUT2D eigenvalue weighted by molar-refractivity contribution is 0.0595. The molecule has 5 rings (SSSR count). The maximum absolute atomic E-state index is 13.1. The molecule has 1 saturated heterocycles. The minimum atomic E-state index is 0.0460. The molecule has 1 aromatic carbocycles. The molecule has 1 amide bonds. The summed E-state index contributed by atoms with van der Waals surface area (Å²) in [7, 11) is 0. The monoisotopic (exact) mass is 417 g/mol. The number of piperidine rings is 1. The third kappa shape index (κ3) is 3.35. The number of aromatic nitrogens is 2. The molecule has 2 aliphatic rings. The van der Waals surface area contributed by atoms with Gasteiger partial charge in [0.1, 0.15) is 0 Å². The standard InChI is InChI=1S/C24H23N3O2S/c1-30-20-4-2-17(3-5-20)21-6-7-22(28)27-14-16-12-19(23(21)27)15-26(13-16)24(29)18-8-10-25-11-9-18/h2-11,16,19H,12-15H2,1H3/t16-,19-/m0/s1. The van der Waals surface area contributed by atoms with Crippen LogP contribution in [0.15, 0.2) is 70.6 Å². The summed E-state index contributed by atoms with van der Waals surface area (Å²) in [6.07, 6.45) is 6.39. The number of nitrogens with zero attached hydrogens (tertiary/aromatic N) is 3. The number of benzene rings is 1. The van der Waals surface area contributed by atoms with E-state index < -0.39 is 0 Å². The van der Waals surface area contributed by atoms with E-state index in [1.165, 1.54) is 4.90 Å². The quantitative estimate of drug-likeness (QED) is 0.607. The molecule has 0 saturated carbocycles. The molecule has 152 valence electrons. The lowest BCUT2D eigenvalue weighted by atomic mass is 9.80. The average molecular weight is 418 g/mol. The number of carbonyl (C=O) groups excluding carboxylic acids is 1. The summed E-state index contributed by atoms with van der Waals surface area (Å²) in [5.41, 5.74) is 4.01. The fourth-order valence-corrected chi connectivity index (χ4v) is 5.28. The molecule has 3 aromatic rings. The van der Waals surface area contributed by atoms with Gasteiger partial charge in [0, 0.05) is 65.7 Å². The summed E-state index contributed by atoms with van der Waals surface area (Å²) in [6, 6.07) is 15.7. The molecule has 2 aromatic heterocycles. The SMILES string of the molecule is CSc1ccc(-c2ccc(=O)n3c2[C@H]2C[C@@H](CN(C(=O)c4ccncc4)C2)C3)cc1. The second-order valence-electron chi connectivity index (χ2n) is 8.05. The number of hydrogen-bond donors (Lipinski definition) is 0. The Morgan fingerprint density at radius 3 is 2.50 bits per heavy atom. The molecule has 0 spiro atoms. The van der Waals surface area contributed by atoms with Crippen molar-refractivity contribution in [2.24, 2.45) is 5.92 Å². The number of thioether (sulfide) groups is 1. The van der Waals surface area contributed by atoms with E-state index in [9.17, 15) is 9.59 Å². The Morgan fingerprint density at radius 1 is 1.00 bits per heavy atom. The van der Waals surface area contributed by atoms with Crippen molar-refractivity contribution in [1.29, 1.82) is 0 Å². The van der Waals surface area contributed by atoms with Gasteiger partial charge in [-0.1, -0.05) is 12.1 Å². The molecule has 2 atom stereocenters. The summed E-state index contributed by atoms with van der Waals surface area (Å²) in [6.45, 7) is 1.99. The first kappa shape index (κ1) is 19.1. The molecule has 0 aliphatic carbocycles. The van der Waals surface area contributed by atoms with Gasteiger partial charge in [-0.3, -0.25) is 14.6 Å². The normalized spacial score (nSPS) is 20.0. The van der Waals surface area contributed by atoms with Gasteiger partial charge >= 0.3 is 0 Å². The predicted molar refractivity (Wildman–Crippen MR) is 119 cm³/mol. The van der Waals surface area contributed by atoms with Crippen molar-refractivity contribution in [3.63, 3.8) is 0 Å². The minimum absolute atomic E-state index is 0.0460. The van der Waals surface area contributed by atoms with Crippen LogP contribution in [0.25, 0.3) is 11.1 Å². The van der Waals surface area contributed by atoms with Gasteiger partial charge in [0.05, 0.1) is 0 Å². The second-order valence-corrected chi connectivity index (χ2v) is 8.93. The van der Waals surface area contributed by atoms with Gasteiger partial charge in [0.2, 0.25) is 0 Å². The fourth-order valence-electron chi connectivity index (χ4n) is 4.87. The van der Waals surface area contributed by atoms with Crippen LogP contribution in [0, 0.1) is 5.92 Å². The first-order chi connectivity index (χ1) is 14.6. The molecule has 2 aliphatic heterocycles. The molecular formula is C24H23N3O2S. The number of likely N-dealkylation sites (tertiary alicyclic amines) is 1. The van der Waals surface area contributed by atoms with Gasteiger partial charge in [-0.2, -0.15) is 0 Å². The van der Waals surface area contributed by atoms with Crippen molar-refractivity contribution in [2.75, 3.05) is 19.3 Å². The molecule has 0 radical (unpaired) electrons. The summed E-state index contributed by atoms with van der Waals surface area (Å²) >= 11 is 1.72. The van der Waals surface area contributed by atoms with E-state index >= 15 is 0 Å². The van der Waals surface area contributed by atoms with E-state index in [-0.39, 0.29) is 17.4 Å². The molecule has 2 bridgehead atoms. The highest BCUT2D eigenvalue weighted by Gasteiger charge is 2.38. The molecule has 1 fully saturated rings. The molecule has 30 heavy (non-hydrogen) atoms. The summed E-state index contributed by atoms with van der Waals surface area (Å²) < 4.78 is 1.95. The average Bonchev–Trinajstić information content (AvgIpc) is 2.80. The topological polar surface area (TPSA) is 55.2 Å². The van der Waals surface area contributed by atoms with Gasteiger partial charge in [-0.15, -0.1) is 11.8 Å². The molecule has 6 heteroatoms. The highest BCUT2D eigenvalue weighted by Crippen LogP contribution is 2.40. The molecule has 0 unspecified atom stereocenters. The number of rotatable bonds is 3. The summed E-state index contributed by atoms with van der Waals surface area (Å²) in [4.78, 5) is 32.9. The summed E-state index contributed by atoms with van der Waals surface area (Å²) in [5.74, 6) is 0.506. The van der Waals surface area contributed by atoms with Crippen molar-refractivity contribution < 1.29 is 4.79 Å². The maximum atomic E-state index is 13.1. The molecule has 0 N–H and O–H groups in total. The lowest BCUT2D eigenvalue weighted by Gasteiger charge is -2.43. The number of carbonyl (C=O) groups is 1. The fraction of sp³-hybridized carbons (Fsp3) is 0.292. The predicted octanol–water partition coefficient (Wildman–Crippen LogP) is 3.89. The highest BCUT2D eigenvalue weighted by molar-refractivity contribution is 7.98. The Hall–Kier alpha value is -2.86. The van der Waals surface area contributed by atoms with Crippen LogP contribution in [0.1, 0.15) is 28.4 Å². The number of amides is 1. The molecule has 5 nitrogen and oxygen atoms in total. The first-order valence-electron chi connectivity index (χ1n) is 10.2. The molecule has 4 heterocycles. The Morgan fingerprint density at radius 2 is 1.77 bits per heavy atom. The Labute approximate surface area is 179 Å². The largest absolute Gasteiger partial charge is 0.338 e. The Kier molecular flexibility index (Phi) is 4.95. The van der Waals surface area contributed by atoms with Crippen LogP contribution in [0.4, 0.5) is 0 Å². The zero-order valence-corrected chi connectivity index (χ0v) is 17.6. The van der Waals surface area contributed by atoms with E-state index in [1.807, 2.05) is 15.5 Å². The van der Waals surface area contributed by atoms with E-state index in [1.54, 1.807) is 42.4 Å². The Balaban J connectivity index is 1.53. The zero-order valence-electron chi connectivity index (χ0n) is 16.8.